The summed E-state index contributed by atoms with van der Waals surface area (Å²) in [5.41, 5.74) is 4.76. The van der Waals surface area contributed by atoms with E-state index in [0.717, 1.165) is 35.7 Å². The number of imidazole rings is 1. The van der Waals surface area contributed by atoms with Crippen LogP contribution >= 0.6 is 11.3 Å². The molecule has 1 fully saturated rings. The maximum atomic E-state index is 13.5. The van der Waals surface area contributed by atoms with E-state index in [2.05, 4.69) is 25.9 Å². The van der Waals surface area contributed by atoms with Crippen LogP contribution in [-0.2, 0) is 23.1 Å². The zero-order valence-electron chi connectivity index (χ0n) is 18.1. The van der Waals surface area contributed by atoms with Crippen LogP contribution in [0.1, 0.15) is 49.8 Å². The van der Waals surface area contributed by atoms with Crippen molar-refractivity contribution in [3.8, 4) is 0 Å². The van der Waals surface area contributed by atoms with E-state index < -0.39 is 10.0 Å². The molecule has 170 valence electrons. The number of aromatic nitrogens is 3. The van der Waals surface area contributed by atoms with Gasteiger partial charge in [-0.2, -0.15) is 4.31 Å². The van der Waals surface area contributed by atoms with E-state index in [4.69, 9.17) is 0 Å². The fourth-order valence-corrected chi connectivity index (χ4v) is 7.50. The van der Waals surface area contributed by atoms with Crippen LogP contribution in [0.3, 0.4) is 0 Å². The van der Waals surface area contributed by atoms with Gasteiger partial charge in [-0.3, -0.25) is 4.98 Å². The standard InChI is InChI=1S/C23H29N5O2S2/c29-32(30,23-12-25-17-31-23)27-13-19-7-3-4-8-22(19)28(14-20-11-24-16-26-20)21(15-27)10-9-18-5-1-2-6-18/h3-4,7-8,11-12,16-18,21H,1-2,5-6,9-10,13-15H2,(H,24,26). The first kappa shape index (κ1) is 21.6. The van der Waals surface area contributed by atoms with Gasteiger partial charge in [0.1, 0.15) is 0 Å². The van der Waals surface area contributed by atoms with Crippen LogP contribution in [0.25, 0.3) is 0 Å². The second-order valence-electron chi connectivity index (χ2n) is 8.83. The molecule has 1 saturated carbocycles. The van der Waals surface area contributed by atoms with Crippen molar-refractivity contribution in [2.45, 2.75) is 61.9 Å². The van der Waals surface area contributed by atoms with Gasteiger partial charge in [-0.1, -0.05) is 43.9 Å². The molecular formula is C23H29N5O2S2. The second-order valence-corrected chi connectivity index (χ2v) is 11.9. The van der Waals surface area contributed by atoms with Crippen molar-refractivity contribution >= 4 is 27.0 Å². The van der Waals surface area contributed by atoms with Crippen molar-refractivity contribution in [3.63, 3.8) is 0 Å². The number of hydrogen-bond acceptors (Lipinski definition) is 6. The fraction of sp³-hybridized carbons (Fsp3) is 0.478. The molecule has 1 atom stereocenters. The number of rotatable bonds is 7. The summed E-state index contributed by atoms with van der Waals surface area (Å²) in [7, 11) is -3.60. The van der Waals surface area contributed by atoms with Gasteiger partial charge in [-0.15, -0.1) is 11.3 Å². The third-order valence-electron chi connectivity index (χ3n) is 6.79. The lowest BCUT2D eigenvalue weighted by Crippen LogP contribution is -2.43. The number of sulfonamides is 1. The Morgan fingerprint density at radius 2 is 1.94 bits per heavy atom. The summed E-state index contributed by atoms with van der Waals surface area (Å²) >= 11 is 1.18. The zero-order valence-corrected chi connectivity index (χ0v) is 19.7. The monoisotopic (exact) mass is 471 g/mol. The largest absolute Gasteiger partial charge is 0.361 e. The van der Waals surface area contributed by atoms with Gasteiger partial charge in [0.2, 0.25) is 0 Å². The molecule has 0 spiro atoms. The predicted molar refractivity (Wildman–Crippen MR) is 126 cm³/mol. The summed E-state index contributed by atoms with van der Waals surface area (Å²) in [5, 5.41) is 0. The minimum Gasteiger partial charge on any atom is -0.361 e. The first-order chi connectivity index (χ1) is 15.6. The van der Waals surface area contributed by atoms with E-state index >= 15 is 0 Å². The number of H-pyrrole nitrogens is 1. The smallest absolute Gasteiger partial charge is 0.254 e. The van der Waals surface area contributed by atoms with Gasteiger partial charge in [0.05, 0.1) is 30.3 Å². The second kappa shape index (κ2) is 9.33. The average molecular weight is 472 g/mol. The lowest BCUT2D eigenvalue weighted by molar-refractivity contribution is 0.351. The normalized spacial score (nSPS) is 20.4. The van der Waals surface area contributed by atoms with E-state index in [1.807, 2.05) is 24.4 Å². The van der Waals surface area contributed by atoms with Crippen molar-refractivity contribution in [1.29, 1.82) is 0 Å². The molecule has 32 heavy (non-hydrogen) atoms. The first-order valence-corrected chi connectivity index (χ1v) is 13.6. The molecule has 5 rings (SSSR count). The highest BCUT2D eigenvalue weighted by Gasteiger charge is 2.35. The van der Waals surface area contributed by atoms with Gasteiger partial charge >= 0.3 is 0 Å². The molecule has 9 heteroatoms. The topological polar surface area (TPSA) is 82.2 Å². The molecule has 1 aliphatic carbocycles. The van der Waals surface area contributed by atoms with Crippen molar-refractivity contribution < 1.29 is 8.42 Å². The SMILES string of the molecule is O=S(=O)(c1cncs1)N1Cc2ccccc2N(Cc2cnc[nH]2)C(CCC2CCCC2)C1. The fourth-order valence-electron chi connectivity index (χ4n) is 5.09. The minimum atomic E-state index is -3.60. The van der Waals surface area contributed by atoms with E-state index in [9.17, 15) is 8.42 Å². The van der Waals surface area contributed by atoms with E-state index in [0.29, 0.717) is 23.8 Å². The number of hydrogen-bond donors (Lipinski definition) is 1. The lowest BCUT2D eigenvalue weighted by Gasteiger charge is -2.34. The van der Waals surface area contributed by atoms with Crippen molar-refractivity contribution in [2.24, 2.45) is 5.92 Å². The van der Waals surface area contributed by atoms with Crippen LogP contribution < -0.4 is 4.90 Å². The molecule has 0 saturated heterocycles. The van der Waals surface area contributed by atoms with Gasteiger partial charge < -0.3 is 9.88 Å². The Kier molecular flexibility index (Phi) is 6.30. The number of anilines is 1. The highest BCUT2D eigenvalue weighted by molar-refractivity contribution is 7.91. The number of fused-ring (bicyclic) bond motifs is 1. The molecule has 1 N–H and O–H groups in total. The van der Waals surface area contributed by atoms with E-state index in [1.54, 1.807) is 16.1 Å². The van der Waals surface area contributed by atoms with Crippen LogP contribution in [0.2, 0.25) is 0 Å². The van der Waals surface area contributed by atoms with Gasteiger partial charge in [-0.25, -0.2) is 13.4 Å². The zero-order chi connectivity index (χ0) is 22.0. The summed E-state index contributed by atoms with van der Waals surface area (Å²) in [6.07, 6.45) is 12.4. The average Bonchev–Trinajstić information content (AvgIpc) is 3.57. The number of para-hydroxylation sites is 1. The quantitative estimate of drug-likeness (QED) is 0.552. The summed E-state index contributed by atoms with van der Waals surface area (Å²) in [5.74, 6) is 0.758. The van der Waals surface area contributed by atoms with Crippen molar-refractivity contribution in [1.82, 2.24) is 19.3 Å². The summed E-state index contributed by atoms with van der Waals surface area (Å²) in [6, 6.07) is 8.29. The van der Waals surface area contributed by atoms with Gasteiger partial charge in [0, 0.05) is 31.0 Å². The first-order valence-electron chi connectivity index (χ1n) is 11.3. The molecule has 2 aromatic heterocycles. The molecule has 3 heterocycles. The molecule has 1 aromatic carbocycles. The molecule has 2 aliphatic rings. The Morgan fingerprint density at radius 3 is 2.69 bits per heavy atom. The predicted octanol–water partition coefficient (Wildman–Crippen LogP) is 4.42. The van der Waals surface area contributed by atoms with Crippen LogP contribution in [0.15, 0.2) is 52.7 Å². The highest BCUT2D eigenvalue weighted by Crippen LogP contribution is 2.36. The van der Waals surface area contributed by atoms with Crippen LogP contribution in [0.5, 0.6) is 0 Å². The third-order valence-corrected chi connectivity index (χ3v) is 9.84. The van der Waals surface area contributed by atoms with Gasteiger partial charge in [-0.05, 0) is 30.4 Å². The molecule has 7 nitrogen and oxygen atoms in total. The molecule has 0 radical (unpaired) electrons. The Morgan fingerprint density at radius 1 is 1.09 bits per heavy atom. The number of nitrogens with zero attached hydrogens (tertiary/aromatic N) is 4. The van der Waals surface area contributed by atoms with Gasteiger partial charge in [0.25, 0.3) is 10.0 Å². The Hall–Kier alpha value is -2.23. The van der Waals surface area contributed by atoms with E-state index in [-0.39, 0.29) is 6.04 Å². The Balaban J connectivity index is 1.51. The number of thiazole rings is 1. The third kappa shape index (κ3) is 4.46. The highest BCUT2D eigenvalue weighted by atomic mass is 32.2. The summed E-state index contributed by atoms with van der Waals surface area (Å²) < 4.78 is 29.0. The summed E-state index contributed by atoms with van der Waals surface area (Å²) in [4.78, 5) is 13.8. The molecule has 3 aromatic rings. The maximum Gasteiger partial charge on any atom is 0.254 e. The molecule has 1 unspecified atom stereocenters. The number of aromatic amines is 1. The number of nitrogens with one attached hydrogen (secondary N) is 1. The van der Waals surface area contributed by atoms with Crippen LogP contribution in [0, 0.1) is 5.92 Å². The minimum absolute atomic E-state index is 0.0882. The maximum absolute atomic E-state index is 13.5. The molecule has 0 bridgehead atoms. The van der Waals surface area contributed by atoms with Crippen LogP contribution in [-0.4, -0.2) is 40.3 Å². The molecular weight excluding hydrogens is 442 g/mol. The summed E-state index contributed by atoms with van der Waals surface area (Å²) in [6.45, 7) is 1.52. The van der Waals surface area contributed by atoms with Crippen molar-refractivity contribution in [2.75, 3.05) is 11.4 Å². The Bertz CT molecular complexity index is 1110. The van der Waals surface area contributed by atoms with Crippen LogP contribution in [0.4, 0.5) is 5.69 Å². The Labute approximate surface area is 193 Å². The van der Waals surface area contributed by atoms with Crippen molar-refractivity contribution in [3.05, 3.63) is 59.8 Å². The molecule has 1 aliphatic heterocycles. The lowest BCUT2D eigenvalue weighted by atomic mass is 9.97. The number of benzene rings is 1. The van der Waals surface area contributed by atoms with E-state index in [1.165, 1.54) is 43.2 Å². The van der Waals surface area contributed by atoms with Gasteiger partial charge in [0.15, 0.2) is 4.21 Å². The molecule has 0 amide bonds.